The summed E-state index contributed by atoms with van der Waals surface area (Å²) in [6.07, 6.45) is -2.95. The molecule has 0 spiro atoms. The van der Waals surface area contributed by atoms with E-state index >= 15 is 0 Å². The molecule has 5 nitrogen and oxygen atoms in total. The van der Waals surface area contributed by atoms with E-state index in [0.717, 1.165) is 0 Å². The van der Waals surface area contributed by atoms with Gasteiger partial charge in [-0.25, -0.2) is 8.78 Å². The normalized spacial score (nSPS) is 10.1. The van der Waals surface area contributed by atoms with Crippen molar-refractivity contribution in [3.05, 3.63) is 32.5 Å². The minimum atomic E-state index is -2.95. The SMILES string of the molecule is N#Cc1nc([N+](=O)[O-])c(Cl)cc1C(F)F. The highest BCUT2D eigenvalue weighted by Crippen LogP contribution is 2.29. The molecule has 0 N–H and O–H groups in total. The van der Waals surface area contributed by atoms with Crippen LogP contribution < -0.4 is 0 Å². The first kappa shape index (κ1) is 11.3. The van der Waals surface area contributed by atoms with E-state index in [1.54, 1.807) is 0 Å². The molecule has 0 fully saturated rings. The molecule has 1 aromatic rings. The first-order valence-electron chi connectivity index (χ1n) is 3.50. The number of pyridine rings is 1. The highest BCUT2D eigenvalue weighted by Gasteiger charge is 2.25. The van der Waals surface area contributed by atoms with E-state index in [1.165, 1.54) is 6.07 Å². The number of nitriles is 1. The molecule has 0 aromatic carbocycles. The molecule has 78 valence electrons. The summed E-state index contributed by atoms with van der Waals surface area (Å²) >= 11 is 5.35. The fourth-order valence-corrected chi connectivity index (χ4v) is 1.11. The van der Waals surface area contributed by atoms with Crippen molar-refractivity contribution in [2.24, 2.45) is 0 Å². The summed E-state index contributed by atoms with van der Waals surface area (Å²) < 4.78 is 24.6. The number of halogens is 3. The average molecular weight is 234 g/mol. The standard InChI is InChI=1S/C7H2ClF2N3O2/c8-4-1-3(6(9)10)5(2-11)12-7(4)13(14)15/h1,6H. The molecule has 0 atom stereocenters. The lowest BCUT2D eigenvalue weighted by Crippen LogP contribution is -2.00. The van der Waals surface area contributed by atoms with Gasteiger partial charge in [-0.1, -0.05) is 11.6 Å². The van der Waals surface area contributed by atoms with Gasteiger partial charge in [0, 0.05) is 0 Å². The number of aromatic nitrogens is 1. The third-order valence-corrected chi connectivity index (χ3v) is 1.78. The van der Waals surface area contributed by atoms with E-state index in [9.17, 15) is 18.9 Å². The lowest BCUT2D eigenvalue weighted by Gasteiger charge is -2.00. The van der Waals surface area contributed by atoms with Gasteiger partial charge in [0.25, 0.3) is 12.1 Å². The van der Waals surface area contributed by atoms with E-state index in [4.69, 9.17) is 16.9 Å². The van der Waals surface area contributed by atoms with Crippen molar-refractivity contribution >= 4 is 17.4 Å². The molecule has 0 aliphatic carbocycles. The first-order valence-corrected chi connectivity index (χ1v) is 3.88. The number of alkyl halides is 2. The highest BCUT2D eigenvalue weighted by molar-refractivity contribution is 6.32. The highest BCUT2D eigenvalue weighted by atomic mass is 35.5. The monoisotopic (exact) mass is 233 g/mol. The largest absolute Gasteiger partial charge is 0.383 e. The molecule has 8 heteroatoms. The Morgan fingerprint density at radius 2 is 2.27 bits per heavy atom. The lowest BCUT2D eigenvalue weighted by molar-refractivity contribution is -0.389. The minimum absolute atomic E-state index is 0.519. The Kier molecular flexibility index (Phi) is 3.11. The Morgan fingerprint density at radius 3 is 2.67 bits per heavy atom. The molecular formula is C7H2ClF2N3O2. The Balaban J connectivity index is 3.44. The van der Waals surface area contributed by atoms with Crippen LogP contribution in [-0.4, -0.2) is 9.91 Å². The molecule has 1 aromatic heterocycles. The third-order valence-electron chi connectivity index (χ3n) is 1.50. The summed E-state index contributed by atoms with van der Waals surface area (Å²) in [5, 5.41) is 18.3. The van der Waals surface area contributed by atoms with Crippen LogP contribution in [0.3, 0.4) is 0 Å². The Hall–Kier alpha value is -1.81. The van der Waals surface area contributed by atoms with Crippen LogP contribution in [-0.2, 0) is 0 Å². The number of nitro groups is 1. The van der Waals surface area contributed by atoms with Crippen LogP contribution in [0.15, 0.2) is 6.07 Å². The number of hydrogen-bond donors (Lipinski definition) is 0. The Bertz CT molecular complexity index is 458. The van der Waals surface area contributed by atoms with Crippen LogP contribution in [0.2, 0.25) is 5.02 Å². The molecule has 0 radical (unpaired) electrons. The summed E-state index contributed by atoms with van der Waals surface area (Å²) in [6.45, 7) is 0. The van der Waals surface area contributed by atoms with Gasteiger partial charge in [-0.05, 0) is 16.0 Å². The molecule has 0 saturated heterocycles. The average Bonchev–Trinajstić information content (AvgIpc) is 2.16. The third kappa shape index (κ3) is 2.16. The van der Waals surface area contributed by atoms with E-state index in [-0.39, 0.29) is 0 Å². The van der Waals surface area contributed by atoms with Gasteiger partial charge >= 0.3 is 5.82 Å². The zero-order chi connectivity index (χ0) is 11.6. The molecule has 1 heterocycles. The number of rotatable bonds is 2. The summed E-state index contributed by atoms with van der Waals surface area (Å²) in [6, 6.07) is 2.02. The van der Waals surface area contributed by atoms with Crippen molar-refractivity contribution in [3.8, 4) is 6.07 Å². The van der Waals surface area contributed by atoms with Crippen molar-refractivity contribution in [1.82, 2.24) is 4.98 Å². The maximum absolute atomic E-state index is 12.3. The molecule has 1 rings (SSSR count). The molecular weight excluding hydrogens is 232 g/mol. The van der Waals surface area contributed by atoms with E-state index < -0.39 is 33.4 Å². The van der Waals surface area contributed by atoms with Crippen LogP contribution in [0.5, 0.6) is 0 Å². The zero-order valence-corrected chi connectivity index (χ0v) is 7.70. The van der Waals surface area contributed by atoms with E-state index in [0.29, 0.717) is 6.07 Å². The summed E-state index contributed by atoms with van der Waals surface area (Å²) in [5.41, 5.74) is -1.41. The van der Waals surface area contributed by atoms with Gasteiger partial charge in [0.15, 0.2) is 0 Å². The summed E-state index contributed by atoms with van der Waals surface area (Å²) in [4.78, 5) is 12.5. The van der Waals surface area contributed by atoms with E-state index in [2.05, 4.69) is 4.98 Å². The number of nitrogens with zero attached hydrogens (tertiary/aromatic N) is 3. The van der Waals surface area contributed by atoms with Crippen molar-refractivity contribution in [2.75, 3.05) is 0 Å². The summed E-state index contributed by atoms with van der Waals surface area (Å²) in [5.74, 6) is -0.808. The number of hydrogen-bond acceptors (Lipinski definition) is 4. The lowest BCUT2D eigenvalue weighted by atomic mass is 10.2. The van der Waals surface area contributed by atoms with Gasteiger partial charge in [0.2, 0.25) is 0 Å². The van der Waals surface area contributed by atoms with Crippen molar-refractivity contribution < 1.29 is 13.7 Å². The molecule has 0 amide bonds. The quantitative estimate of drug-likeness (QED) is 0.580. The predicted octanol–water partition coefficient (Wildman–Crippen LogP) is 2.45. The van der Waals surface area contributed by atoms with Gasteiger partial charge in [0.1, 0.15) is 11.1 Å². The van der Waals surface area contributed by atoms with Gasteiger partial charge in [-0.3, -0.25) is 0 Å². The van der Waals surface area contributed by atoms with Gasteiger partial charge < -0.3 is 10.1 Å². The Morgan fingerprint density at radius 1 is 1.67 bits per heavy atom. The van der Waals surface area contributed by atoms with Crippen LogP contribution in [0, 0.1) is 21.4 Å². The maximum Gasteiger partial charge on any atom is 0.383 e. The minimum Gasteiger partial charge on any atom is -0.358 e. The molecule has 0 aliphatic heterocycles. The smallest absolute Gasteiger partial charge is 0.358 e. The topological polar surface area (TPSA) is 79.8 Å². The molecule has 15 heavy (non-hydrogen) atoms. The fourth-order valence-electron chi connectivity index (χ4n) is 0.877. The zero-order valence-electron chi connectivity index (χ0n) is 6.95. The van der Waals surface area contributed by atoms with Crippen molar-refractivity contribution in [1.29, 1.82) is 5.26 Å². The van der Waals surface area contributed by atoms with E-state index in [1.807, 2.05) is 0 Å². The van der Waals surface area contributed by atoms with Crippen LogP contribution >= 0.6 is 11.6 Å². The Labute approximate surface area is 87.1 Å². The van der Waals surface area contributed by atoms with Gasteiger partial charge in [-0.15, -0.1) is 0 Å². The van der Waals surface area contributed by atoms with Crippen LogP contribution in [0.4, 0.5) is 14.6 Å². The molecule has 0 bridgehead atoms. The fraction of sp³-hybridized carbons (Fsp3) is 0.143. The first-order chi connectivity index (χ1) is 6.97. The molecule has 0 unspecified atom stereocenters. The molecule has 0 saturated carbocycles. The molecule has 0 aliphatic rings. The second kappa shape index (κ2) is 4.14. The van der Waals surface area contributed by atoms with Crippen LogP contribution in [0.1, 0.15) is 17.7 Å². The van der Waals surface area contributed by atoms with Crippen molar-refractivity contribution in [2.45, 2.75) is 6.43 Å². The van der Waals surface area contributed by atoms with Gasteiger partial charge in [0.05, 0.1) is 5.56 Å². The van der Waals surface area contributed by atoms with Crippen molar-refractivity contribution in [3.63, 3.8) is 0 Å². The van der Waals surface area contributed by atoms with Crippen LogP contribution in [0.25, 0.3) is 0 Å². The summed E-state index contributed by atoms with van der Waals surface area (Å²) in [7, 11) is 0. The van der Waals surface area contributed by atoms with Gasteiger partial charge in [-0.2, -0.15) is 5.26 Å². The second-order valence-corrected chi connectivity index (χ2v) is 2.81. The predicted molar refractivity (Wildman–Crippen MR) is 45.6 cm³/mol. The maximum atomic E-state index is 12.3. The second-order valence-electron chi connectivity index (χ2n) is 2.40.